The van der Waals surface area contributed by atoms with Gasteiger partial charge in [-0.15, -0.1) is 0 Å². The molecule has 1 rings (SSSR count). The smallest absolute Gasteiger partial charge is 0.308 e. The van der Waals surface area contributed by atoms with Gasteiger partial charge in [-0.3, -0.25) is 9.59 Å². The minimum Gasteiger partial charge on any atom is -0.481 e. The van der Waals surface area contributed by atoms with Gasteiger partial charge in [0.05, 0.1) is 5.92 Å². The number of carbonyl (C=O) groups is 2. The van der Waals surface area contributed by atoms with E-state index in [1.54, 1.807) is 4.90 Å². The van der Waals surface area contributed by atoms with Crippen LogP contribution in [-0.4, -0.2) is 35.0 Å². The van der Waals surface area contributed by atoms with Crippen molar-refractivity contribution in [1.82, 2.24) is 4.90 Å². The Hall–Kier alpha value is -1.06. The van der Waals surface area contributed by atoms with Gasteiger partial charge < -0.3 is 10.0 Å². The Balaban J connectivity index is 2.50. The molecule has 1 radical (unpaired) electrons. The zero-order chi connectivity index (χ0) is 9.14. The van der Waals surface area contributed by atoms with Crippen molar-refractivity contribution in [2.24, 2.45) is 5.92 Å². The lowest BCUT2D eigenvalue weighted by Crippen LogP contribution is -2.26. The van der Waals surface area contributed by atoms with Crippen molar-refractivity contribution in [3.05, 3.63) is 6.92 Å². The molecule has 4 heteroatoms. The number of amides is 1. The molecule has 1 amide bonds. The number of aliphatic carboxylic acids is 1. The molecule has 0 saturated carbocycles. The predicted octanol–water partition coefficient (Wildman–Crippen LogP) is 0.144. The molecule has 0 aliphatic carbocycles. The van der Waals surface area contributed by atoms with Crippen LogP contribution in [-0.2, 0) is 9.59 Å². The number of carboxylic acids is 1. The maximum Gasteiger partial charge on any atom is 0.308 e. The molecule has 1 saturated heterocycles. The molecule has 12 heavy (non-hydrogen) atoms. The van der Waals surface area contributed by atoms with E-state index in [9.17, 15) is 9.59 Å². The highest BCUT2D eigenvalue weighted by molar-refractivity contribution is 5.86. The third-order valence-electron chi connectivity index (χ3n) is 1.99. The van der Waals surface area contributed by atoms with Gasteiger partial charge in [-0.25, -0.2) is 0 Å². The number of rotatable bonds is 3. The van der Waals surface area contributed by atoms with E-state index in [0.29, 0.717) is 19.5 Å². The summed E-state index contributed by atoms with van der Waals surface area (Å²) in [6.07, 6.45) is 0.785. The van der Waals surface area contributed by atoms with E-state index in [2.05, 4.69) is 6.92 Å². The minimum atomic E-state index is -0.880. The van der Waals surface area contributed by atoms with Crippen LogP contribution in [0.5, 0.6) is 0 Å². The highest BCUT2D eigenvalue weighted by atomic mass is 16.4. The molecule has 1 unspecified atom stereocenters. The number of carboxylic acid groups (broad SMARTS) is 1. The lowest BCUT2D eigenvalue weighted by atomic mass is 10.1. The first-order valence-corrected chi connectivity index (χ1v) is 3.95. The van der Waals surface area contributed by atoms with Crippen molar-refractivity contribution < 1.29 is 14.7 Å². The molecule has 0 aromatic carbocycles. The summed E-state index contributed by atoms with van der Waals surface area (Å²) in [6.45, 7) is 4.54. The highest BCUT2D eigenvalue weighted by Gasteiger charge is 2.33. The monoisotopic (exact) mass is 170 g/mol. The van der Waals surface area contributed by atoms with Gasteiger partial charge in [0, 0.05) is 19.5 Å². The molecular formula is C8H12NO3. The Labute approximate surface area is 71.2 Å². The van der Waals surface area contributed by atoms with Gasteiger partial charge in [-0.1, -0.05) is 6.92 Å². The van der Waals surface area contributed by atoms with Crippen LogP contribution in [0.15, 0.2) is 0 Å². The van der Waals surface area contributed by atoms with Crippen LogP contribution in [0, 0.1) is 12.8 Å². The average molecular weight is 170 g/mol. The Morgan fingerprint density at radius 1 is 1.75 bits per heavy atom. The van der Waals surface area contributed by atoms with Crippen LogP contribution in [0.3, 0.4) is 0 Å². The fraction of sp³-hybridized carbons (Fsp3) is 0.625. The second-order valence-corrected chi connectivity index (χ2v) is 2.93. The molecule has 4 nitrogen and oxygen atoms in total. The van der Waals surface area contributed by atoms with Gasteiger partial charge in [0.15, 0.2) is 0 Å². The molecule has 1 N–H and O–H groups in total. The van der Waals surface area contributed by atoms with Crippen LogP contribution in [0.2, 0.25) is 0 Å². The molecule has 0 aromatic rings. The summed E-state index contributed by atoms with van der Waals surface area (Å²) in [4.78, 5) is 23.2. The summed E-state index contributed by atoms with van der Waals surface area (Å²) in [5, 5.41) is 8.62. The summed E-state index contributed by atoms with van der Waals surface area (Å²) < 4.78 is 0. The van der Waals surface area contributed by atoms with Gasteiger partial charge >= 0.3 is 5.97 Å². The number of hydrogen-bond donors (Lipinski definition) is 1. The summed E-state index contributed by atoms with van der Waals surface area (Å²) in [5.41, 5.74) is 0. The predicted molar refractivity (Wildman–Crippen MR) is 42.3 cm³/mol. The molecule has 0 bridgehead atoms. The maximum atomic E-state index is 11.1. The van der Waals surface area contributed by atoms with E-state index >= 15 is 0 Å². The van der Waals surface area contributed by atoms with Crippen LogP contribution in [0.1, 0.15) is 12.8 Å². The SMILES string of the molecule is [CH2]CCN1CC(C(=O)O)CC1=O. The first-order valence-electron chi connectivity index (χ1n) is 3.95. The zero-order valence-corrected chi connectivity index (χ0v) is 6.82. The molecule has 0 aromatic heterocycles. The normalized spacial score (nSPS) is 23.2. The standard InChI is InChI=1S/C8H12NO3/c1-2-3-9-5-6(8(11)12)4-7(9)10/h6H,1-5H2,(H,11,12). The molecule has 1 aliphatic rings. The van der Waals surface area contributed by atoms with Crippen molar-refractivity contribution >= 4 is 11.9 Å². The molecule has 1 aliphatic heterocycles. The third kappa shape index (κ3) is 1.75. The molecule has 1 heterocycles. The van der Waals surface area contributed by atoms with Crippen molar-refractivity contribution in [3.8, 4) is 0 Å². The van der Waals surface area contributed by atoms with Crippen molar-refractivity contribution in [2.75, 3.05) is 13.1 Å². The van der Waals surface area contributed by atoms with E-state index in [1.807, 2.05) is 0 Å². The summed E-state index contributed by atoms with van der Waals surface area (Å²) in [7, 11) is 0. The van der Waals surface area contributed by atoms with E-state index in [0.717, 1.165) is 0 Å². The fourth-order valence-corrected chi connectivity index (χ4v) is 1.34. The molecule has 1 atom stereocenters. The van der Waals surface area contributed by atoms with E-state index in [-0.39, 0.29) is 12.3 Å². The average Bonchev–Trinajstić information content (AvgIpc) is 2.34. The Kier molecular flexibility index (Phi) is 2.68. The highest BCUT2D eigenvalue weighted by Crippen LogP contribution is 2.17. The Morgan fingerprint density at radius 2 is 2.42 bits per heavy atom. The fourth-order valence-electron chi connectivity index (χ4n) is 1.34. The van der Waals surface area contributed by atoms with Crippen LogP contribution in [0.25, 0.3) is 0 Å². The zero-order valence-electron chi connectivity index (χ0n) is 6.82. The van der Waals surface area contributed by atoms with Crippen LogP contribution < -0.4 is 0 Å². The maximum absolute atomic E-state index is 11.1. The van der Waals surface area contributed by atoms with E-state index < -0.39 is 11.9 Å². The number of nitrogens with zero attached hydrogens (tertiary/aromatic N) is 1. The first kappa shape index (κ1) is 9.03. The van der Waals surface area contributed by atoms with Gasteiger partial charge in [-0.2, -0.15) is 0 Å². The summed E-state index contributed by atoms with van der Waals surface area (Å²) in [5.74, 6) is -1.45. The summed E-state index contributed by atoms with van der Waals surface area (Å²) in [6, 6.07) is 0. The van der Waals surface area contributed by atoms with Crippen molar-refractivity contribution in [3.63, 3.8) is 0 Å². The molecule has 1 fully saturated rings. The lowest BCUT2D eigenvalue weighted by molar-refractivity contribution is -0.141. The van der Waals surface area contributed by atoms with Crippen molar-refractivity contribution in [2.45, 2.75) is 12.8 Å². The van der Waals surface area contributed by atoms with E-state index in [1.165, 1.54) is 0 Å². The molecule has 67 valence electrons. The third-order valence-corrected chi connectivity index (χ3v) is 1.99. The van der Waals surface area contributed by atoms with Gasteiger partial charge in [0.2, 0.25) is 5.91 Å². The van der Waals surface area contributed by atoms with Crippen LogP contribution in [0.4, 0.5) is 0 Å². The first-order chi connectivity index (χ1) is 5.65. The minimum absolute atomic E-state index is 0.0638. The lowest BCUT2D eigenvalue weighted by Gasteiger charge is -2.13. The largest absolute Gasteiger partial charge is 0.481 e. The van der Waals surface area contributed by atoms with Crippen LogP contribution >= 0.6 is 0 Å². The van der Waals surface area contributed by atoms with Crippen molar-refractivity contribution in [1.29, 1.82) is 0 Å². The van der Waals surface area contributed by atoms with E-state index in [4.69, 9.17) is 5.11 Å². The molecule has 0 spiro atoms. The second-order valence-electron chi connectivity index (χ2n) is 2.93. The van der Waals surface area contributed by atoms with Gasteiger partial charge in [0.1, 0.15) is 0 Å². The number of hydrogen-bond acceptors (Lipinski definition) is 2. The topological polar surface area (TPSA) is 57.6 Å². The Morgan fingerprint density at radius 3 is 2.83 bits per heavy atom. The second kappa shape index (κ2) is 3.56. The Bertz CT molecular complexity index is 202. The quantitative estimate of drug-likeness (QED) is 0.655. The number of likely N-dealkylation sites (tertiary alicyclic amines) is 1. The van der Waals surface area contributed by atoms with Gasteiger partial charge in [0.25, 0.3) is 0 Å². The van der Waals surface area contributed by atoms with Gasteiger partial charge in [-0.05, 0) is 6.42 Å². The summed E-state index contributed by atoms with van der Waals surface area (Å²) >= 11 is 0. The molecular weight excluding hydrogens is 158 g/mol. The number of carbonyl (C=O) groups excluding carboxylic acids is 1.